The van der Waals surface area contributed by atoms with Crippen molar-refractivity contribution in [1.29, 1.82) is 0 Å². The van der Waals surface area contributed by atoms with E-state index in [2.05, 4.69) is 63.9 Å². The van der Waals surface area contributed by atoms with E-state index in [-0.39, 0.29) is 44.3 Å². The molecule has 1 fully saturated rings. The molecular weight excluding hydrogens is 708 g/mol. The number of benzene rings is 1. The Morgan fingerprint density at radius 2 is 1.85 bits per heavy atom. The molecule has 1 aliphatic rings. The van der Waals surface area contributed by atoms with Crippen molar-refractivity contribution >= 4 is 72.8 Å². The van der Waals surface area contributed by atoms with Crippen LogP contribution in [0.5, 0.6) is 0 Å². The number of likely N-dealkylation sites (tertiary alicyclic amines) is 1. The van der Waals surface area contributed by atoms with Crippen LogP contribution < -0.4 is 5.32 Å². The molecule has 3 atom stereocenters. The van der Waals surface area contributed by atoms with Gasteiger partial charge in [-0.2, -0.15) is 5.10 Å². The molecule has 41 heavy (non-hydrogen) atoms. The number of halogens is 3. The monoisotopic (exact) mass is 733 g/mol. The molecule has 0 aliphatic carbocycles. The number of ketones is 1. The number of carbonyl (C=O) groups excluding carboxylic acids is 3. The minimum absolute atomic E-state index is 0.0185. The van der Waals surface area contributed by atoms with E-state index in [0.717, 1.165) is 16.7 Å². The largest absolute Gasteiger partial charge is 0.317 e. The van der Waals surface area contributed by atoms with Gasteiger partial charge in [-0.1, -0.05) is 29.5 Å². The summed E-state index contributed by atoms with van der Waals surface area (Å²) in [5.41, 5.74) is 3.39. The Hall–Kier alpha value is -3.33. The van der Waals surface area contributed by atoms with E-state index in [9.17, 15) is 18.8 Å². The van der Waals surface area contributed by atoms with Gasteiger partial charge in [-0.25, -0.2) is 19.3 Å². The van der Waals surface area contributed by atoms with Crippen molar-refractivity contribution in [3.8, 4) is 11.1 Å². The smallest absolute Gasteiger partial charge is 0.248 e. The molecule has 1 aliphatic heterocycles. The number of nitrogens with zero attached hydrogens (tertiary/aromatic N) is 6. The second kappa shape index (κ2) is 11.5. The number of nitrogens with one attached hydrogen (secondary N) is 1. The Kier molecular flexibility index (Phi) is 8.19. The van der Waals surface area contributed by atoms with Gasteiger partial charge in [-0.05, 0) is 77.5 Å². The molecule has 1 aromatic carbocycles. The van der Waals surface area contributed by atoms with E-state index in [1.807, 2.05) is 32.9 Å². The van der Waals surface area contributed by atoms with Crippen LogP contribution >= 0.6 is 38.5 Å². The van der Waals surface area contributed by atoms with Crippen LogP contribution in [-0.2, 0) is 16.1 Å². The van der Waals surface area contributed by atoms with Crippen molar-refractivity contribution in [3.63, 3.8) is 0 Å². The minimum Gasteiger partial charge on any atom is -0.317 e. The van der Waals surface area contributed by atoms with Crippen molar-refractivity contribution in [2.24, 2.45) is 5.92 Å². The van der Waals surface area contributed by atoms with Gasteiger partial charge >= 0.3 is 0 Å². The molecule has 3 aromatic heterocycles. The standard InChI is InChI=1S/C28H26BrFIN7O3/c1-13-7-17(18-10-32-16(4)33-11-18)9-19-24(15(3)39)36-37(25(13)19)12-23(40)38-21(8-14(2)27(38)31)28(41)35-22-6-5-20(30)26(29)34-22/h5-7,9-11,14,21,27H,8,12H2,1-4H3,(H,34,35,41)/t14-,21-,27-/m0/s1. The second-order valence-corrected chi connectivity index (χ2v) is 12.2. The fraction of sp³-hybridized carbons (Fsp3) is 0.321. The highest BCUT2D eigenvalue weighted by Gasteiger charge is 2.44. The van der Waals surface area contributed by atoms with E-state index in [4.69, 9.17) is 0 Å². The Morgan fingerprint density at radius 3 is 2.51 bits per heavy atom. The molecular formula is C28H26BrFIN7O3. The first-order valence-electron chi connectivity index (χ1n) is 12.8. The quantitative estimate of drug-likeness (QED) is 0.0945. The SMILES string of the molecule is CC(=O)c1nn(CC(=O)N2[C@H](I)[C@@H](C)C[C@H]2C(=O)Nc2ccc(F)c(Br)n2)c2c(C)cc(-c3cnc(C)nc3)cc12. The Bertz CT molecular complexity index is 1690. The van der Waals surface area contributed by atoms with E-state index in [1.165, 1.54) is 19.1 Å². The lowest BCUT2D eigenvalue weighted by atomic mass is 10.0. The van der Waals surface area contributed by atoms with Gasteiger partial charge in [0.2, 0.25) is 11.8 Å². The predicted molar refractivity (Wildman–Crippen MR) is 163 cm³/mol. The zero-order valence-corrected chi connectivity index (χ0v) is 26.4. The van der Waals surface area contributed by atoms with Crippen molar-refractivity contribution < 1.29 is 18.8 Å². The van der Waals surface area contributed by atoms with Crippen molar-refractivity contribution in [2.45, 2.75) is 50.8 Å². The number of hydrogen-bond donors (Lipinski definition) is 1. The molecule has 10 nitrogen and oxygen atoms in total. The number of rotatable bonds is 6. The summed E-state index contributed by atoms with van der Waals surface area (Å²) in [6.07, 6.45) is 3.91. The van der Waals surface area contributed by atoms with Gasteiger partial charge in [0, 0.05) is 30.3 Å². The third-order valence-electron chi connectivity index (χ3n) is 7.08. The molecule has 13 heteroatoms. The average Bonchev–Trinajstić information content (AvgIpc) is 3.44. The molecule has 0 bridgehead atoms. The zero-order valence-electron chi connectivity index (χ0n) is 22.7. The molecule has 0 saturated carbocycles. The first kappa shape index (κ1) is 29.2. The highest BCUT2D eigenvalue weighted by Crippen LogP contribution is 2.36. The average molecular weight is 734 g/mol. The maximum atomic E-state index is 13.8. The van der Waals surface area contributed by atoms with Gasteiger partial charge in [-0.3, -0.25) is 19.1 Å². The molecule has 4 aromatic rings. The molecule has 212 valence electrons. The number of aryl methyl sites for hydroxylation is 2. The predicted octanol–water partition coefficient (Wildman–Crippen LogP) is 5.25. The number of aromatic nitrogens is 5. The lowest BCUT2D eigenvalue weighted by Gasteiger charge is -2.27. The van der Waals surface area contributed by atoms with Crippen molar-refractivity contribution in [1.82, 2.24) is 29.6 Å². The maximum Gasteiger partial charge on any atom is 0.248 e. The lowest BCUT2D eigenvalue weighted by Crippen LogP contribution is -2.47. The summed E-state index contributed by atoms with van der Waals surface area (Å²) in [6, 6.07) is 5.62. The van der Waals surface area contributed by atoms with Crippen LogP contribution in [0.2, 0.25) is 0 Å². The zero-order chi connectivity index (χ0) is 29.6. The first-order chi connectivity index (χ1) is 19.4. The van der Waals surface area contributed by atoms with Crippen LogP contribution in [0.3, 0.4) is 0 Å². The van der Waals surface area contributed by atoms with Crippen LogP contribution in [0, 0.1) is 25.6 Å². The number of fused-ring (bicyclic) bond motifs is 1. The minimum atomic E-state index is -0.756. The van der Waals surface area contributed by atoms with Crippen LogP contribution in [0.1, 0.15) is 42.1 Å². The number of Topliss-reactive ketones (excluding diaryl/α,β-unsaturated/α-hetero) is 1. The van der Waals surface area contributed by atoms with Crippen molar-refractivity contribution in [3.05, 3.63) is 64.2 Å². The van der Waals surface area contributed by atoms with Gasteiger partial charge < -0.3 is 10.2 Å². The normalized spacial score (nSPS) is 18.6. The van der Waals surface area contributed by atoms with E-state index >= 15 is 0 Å². The lowest BCUT2D eigenvalue weighted by molar-refractivity contribution is -0.137. The number of pyridine rings is 1. The summed E-state index contributed by atoms with van der Waals surface area (Å²) in [5, 5.41) is 7.88. The third-order valence-corrected chi connectivity index (χ3v) is 9.46. The molecule has 1 N–H and O–H groups in total. The number of hydrogen-bond acceptors (Lipinski definition) is 7. The second-order valence-electron chi connectivity index (χ2n) is 10.1. The maximum absolute atomic E-state index is 13.8. The van der Waals surface area contributed by atoms with Crippen LogP contribution in [0.15, 0.2) is 41.3 Å². The summed E-state index contributed by atoms with van der Waals surface area (Å²) < 4.78 is 14.9. The Morgan fingerprint density at radius 1 is 1.15 bits per heavy atom. The number of anilines is 1. The molecule has 0 unspecified atom stereocenters. The number of carbonyl (C=O) groups is 3. The molecule has 1 saturated heterocycles. The Balaban J connectivity index is 1.46. The van der Waals surface area contributed by atoms with Gasteiger partial charge in [0.25, 0.3) is 0 Å². The van der Waals surface area contributed by atoms with Crippen LogP contribution in [0.25, 0.3) is 22.0 Å². The summed E-state index contributed by atoms with van der Waals surface area (Å²) in [6.45, 7) is 6.97. The third kappa shape index (κ3) is 5.73. The van der Waals surface area contributed by atoms with Gasteiger partial charge in [-0.15, -0.1) is 0 Å². The summed E-state index contributed by atoms with van der Waals surface area (Å²) >= 11 is 5.20. The van der Waals surface area contributed by atoms with Gasteiger partial charge in [0.15, 0.2) is 11.6 Å². The van der Waals surface area contributed by atoms with Crippen molar-refractivity contribution in [2.75, 3.05) is 5.32 Å². The molecule has 4 heterocycles. The number of alkyl halides is 1. The summed E-state index contributed by atoms with van der Waals surface area (Å²) in [5.74, 6) is -0.618. The highest BCUT2D eigenvalue weighted by atomic mass is 127. The van der Waals surface area contributed by atoms with Crippen LogP contribution in [0.4, 0.5) is 10.2 Å². The molecule has 2 amide bonds. The topological polar surface area (TPSA) is 123 Å². The van der Waals surface area contributed by atoms with E-state index in [1.54, 1.807) is 22.0 Å². The fourth-order valence-electron chi connectivity index (χ4n) is 5.09. The summed E-state index contributed by atoms with van der Waals surface area (Å²) in [4.78, 5) is 53.8. The molecule has 5 rings (SSSR count). The molecule has 0 spiro atoms. The number of amides is 2. The van der Waals surface area contributed by atoms with Gasteiger partial charge in [0.1, 0.15) is 34.5 Å². The Labute approximate surface area is 257 Å². The highest BCUT2D eigenvalue weighted by molar-refractivity contribution is 14.1. The first-order valence-corrected chi connectivity index (χ1v) is 14.9. The van der Waals surface area contributed by atoms with E-state index in [0.29, 0.717) is 23.1 Å². The van der Waals surface area contributed by atoms with Crippen LogP contribution in [-0.4, -0.2) is 57.3 Å². The molecule has 0 radical (unpaired) electrons. The van der Waals surface area contributed by atoms with E-state index < -0.39 is 17.8 Å². The summed E-state index contributed by atoms with van der Waals surface area (Å²) in [7, 11) is 0. The van der Waals surface area contributed by atoms with Gasteiger partial charge in [0.05, 0.1) is 9.57 Å². The fourth-order valence-corrected chi connectivity index (χ4v) is 6.40.